The molecule has 0 aromatic carbocycles. The van der Waals surface area contributed by atoms with Crippen LogP contribution in [0, 0.1) is 5.92 Å². The molecule has 1 N–H and O–H groups in total. The van der Waals surface area contributed by atoms with E-state index in [2.05, 4.69) is 20.7 Å². The normalized spacial score (nSPS) is 20.1. The highest BCUT2D eigenvalue weighted by Gasteiger charge is 2.26. The fraction of sp³-hybridized carbons (Fsp3) is 0.583. The minimum absolute atomic E-state index is 0.0883. The van der Waals surface area contributed by atoms with Crippen molar-refractivity contribution in [3.8, 4) is 0 Å². The number of furan rings is 1. The Labute approximate surface area is 126 Å². The second-order valence-corrected chi connectivity index (χ2v) is 7.54. The van der Waals surface area contributed by atoms with Gasteiger partial charge in [-0.1, -0.05) is 0 Å². The van der Waals surface area contributed by atoms with Crippen LogP contribution < -0.4 is 4.72 Å². The molecule has 1 aromatic heterocycles. The summed E-state index contributed by atoms with van der Waals surface area (Å²) in [4.78, 5) is 14.1. The second kappa shape index (κ2) is 6.28. The van der Waals surface area contributed by atoms with Crippen LogP contribution in [0.1, 0.15) is 23.2 Å². The van der Waals surface area contributed by atoms with Crippen LogP contribution in [-0.4, -0.2) is 45.1 Å². The maximum absolute atomic E-state index is 12.3. The minimum atomic E-state index is -3.19. The first-order valence-corrected chi connectivity index (χ1v) is 9.02. The summed E-state index contributed by atoms with van der Waals surface area (Å²) in [5.74, 6) is 0.0581. The van der Waals surface area contributed by atoms with Crippen LogP contribution >= 0.6 is 15.9 Å². The summed E-state index contributed by atoms with van der Waals surface area (Å²) in [6.07, 6.45) is 4.39. The SMILES string of the molecule is CS(=O)(=O)NCC1CCCN(C(=O)c2ccoc2Br)C1. The molecule has 0 saturated carbocycles. The van der Waals surface area contributed by atoms with Gasteiger partial charge in [0, 0.05) is 19.6 Å². The number of halogens is 1. The third kappa shape index (κ3) is 4.07. The van der Waals surface area contributed by atoms with E-state index in [1.54, 1.807) is 11.0 Å². The van der Waals surface area contributed by atoms with Crippen LogP contribution in [-0.2, 0) is 10.0 Å². The highest BCUT2D eigenvalue weighted by Crippen LogP contribution is 2.23. The first-order chi connectivity index (χ1) is 9.37. The number of hydrogen-bond acceptors (Lipinski definition) is 4. The van der Waals surface area contributed by atoms with Gasteiger partial charge >= 0.3 is 0 Å². The van der Waals surface area contributed by atoms with Crippen molar-refractivity contribution in [1.29, 1.82) is 0 Å². The number of rotatable bonds is 4. The Morgan fingerprint density at radius 2 is 2.35 bits per heavy atom. The Bertz CT molecular complexity index is 584. The minimum Gasteiger partial charge on any atom is -0.457 e. The molecule has 2 rings (SSSR count). The van der Waals surface area contributed by atoms with E-state index in [1.165, 1.54) is 6.26 Å². The number of amides is 1. The molecule has 0 bridgehead atoms. The number of nitrogens with zero attached hydrogens (tertiary/aromatic N) is 1. The average Bonchev–Trinajstić information content (AvgIpc) is 2.81. The topological polar surface area (TPSA) is 79.6 Å². The van der Waals surface area contributed by atoms with Gasteiger partial charge in [-0.05, 0) is 40.8 Å². The van der Waals surface area contributed by atoms with E-state index >= 15 is 0 Å². The number of hydrogen-bond donors (Lipinski definition) is 1. The summed E-state index contributed by atoms with van der Waals surface area (Å²) >= 11 is 3.20. The zero-order chi connectivity index (χ0) is 14.8. The number of carbonyl (C=O) groups is 1. The number of nitrogens with one attached hydrogen (secondary N) is 1. The Morgan fingerprint density at radius 3 is 2.95 bits per heavy atom. The molecule has 20 heavy (non-hydrogen) atoms. The van der Waals surface area contributed by atoms with Crippen molar-refractivity contribution in [2.45, 2.75) is 12.8 Å². The molecule has 0 aliphatic carbocycles. The fourth-order valence-electron chi connectivity index (χ4n) is 2.30. The van der Waals surface area contributed by atoms with Crippen LogP contribution in [0.3, 0.4) is 0 Å². The Morgan fingerprint density at radius 1 is 1.60 bits per heavy atom. The Kier molecular flexibility index (Phi) is 4.87. The zero-order valence-corrected chi connectivity index (χ0v) is 13.5. The van der Waals surface area contributed by atoms with Crippen molar-refractivity contribution in [3.63, 3.8) is 0 Å². The first-order valence-electron chi connectivity index (χ1n) is 6.34. The van der Waals surface area contributed by atoms with E-state index in [1.807, 2.05) is 0 Å². The molecule has 6 nitrogen and oxygen atoms in total. The van der Waals surface area contributed by atoms with Gasteiger partial charge in [0.15, 0.2) is 4.67 Å². The summed E-state index contributed by atoms with van der Waals surface area (Å²) in [6, 6.07) is 1.63. The molecule has 0 radical (unpaired) electrons. The van der Waals surface area contributed by atoms with Crippen LogP contribution in [0.15, 0.2) is 21.4 Å². The molecule has 1 atom stereocenters. The number of piperidine rings is 1. The van der Waals surface area contributed by atoms with Gasteiger partial charge in [-0.25, -0.2) is 13.1 Å². The van der Waals surface area contributed by atoms with Gasteiger partial charge in [0.25, 0.3) is 5.91 Å². The van der Waals surface area contributed by atoms with Gasteiger partial charge in [0.1, 0.15) is 0 Å². The standard InChI is InChI=1S/C12H17BrN2O4S/c1-20(17,18)14-7-9-3-2-5-15(8-9)12(16)10-4-6-19-11(10)13/h4,6,9,14H,2-3,5,7-8H2,1H3. The van der Waals surface area contributed by atoms with E-state index in [4.69, 9.17) is 4.42 Å². The predicted octanol–water partition coefficient (Wildman–Crippen LogP) is 1.44. The summed E-state index contributed by atoms with van der Waals surface area (Å²) in [5, 5.41) is 0. The Balaban J connectivity index is 1.97. The van der Waals surface area contributed by atoms with E-state index < -0.39 is 10.0 Å². The predicted molar refractivity (Wildman–Crippen MR) is 77.9 cm³/mol. The second-order valence-electron chi connectivity index (χ2n) is 4.99. The van der Waals surface area contributed by atoms with Crippen molar-refractivity contribution in [3.05, 3.63) is 22.6 Å². The van der Waals surface area contributed by atoms with Gasteiger partial charge in [-0.15, -0.1) is 0 Å². The van der Waals surface area contributed by atoms with Gasteiger partial charge in [0.05, 0.1) is 18.1 Å². The smallest absolute Gasteiger partial charge is 0.258 e. The maximum atomic E-state index is 12.3. The molecule has 1 aliphatic heterocycles. The molecule has 0 spiro atoms. The van der Waals surface area contributed by atoms with Crippen molar-refractivity contribution in [2.75, 3.05) is 25.9 Å². The molecule has 2 heterocycles. The lowest BCUT2D eigenvalue weighted by atomic mass is 9.98. The number of likely N-dealkylation sites (tertiary alicyclic amines) is 1. The van der Waals surface area contributed by atoms with Crippen LogP contribution in [0.5, 0.6) is 0 Å². The van der Waals surface area contributed by atoms with Crippen molar-refractivity contribution >= 4 is 31.9 Å². The van der Waals surface area contributed by atoms with E-state index in [9.17, 15) is 13.2 Å². The summed E-state index contributed by atoms with van der Waals surface area (Å²) < 4.78 is 30.2. The van der Waals surface area contributed by atoms with Crippen molar-refractivity contribution < 1.29 is 17.6 Å². The van der Waals surface area contributed by atoms with E-state index in [0.717, 1.165) is 19.1 Å². The molecule has 8 heteroatoms. The quantitative estimate of drug-likeness (QED) is 0.876. The lowest BCUT2D eigenvalue weighted by Crippen LogP contribution is -2.43. The lowest BCUT2D eigenvalue weighted by Gasteiger charge is -2.32. The zero-order valence-electron chi connectivity index (χ0n) is 11.1. The highest BCUT2D eigenvalue weighted by atomic mass is 79.9. The van der Waals surface area contributed by atoms with Crippen LogP contribution in [0.4, 0.5) is 0 Å². The number of sulfonamides is 1. The molecule has 1 fully saturated rings. The third-order valence-corrected chi connectivity index (χ3v) is 4.59. The molecular weight excluding hydrogens is 348 g/mol. The molecule has 112 valence electrons. The average molecular weight is 365 g/mol. The first kappa shape index (κ1) is 15.5. The summed E-state index contributed by atoms with van der Waals surface area (Å²) in [6.45, 7) is 1.61. The van der Waals surface area contributed by atoms with Crippen LogP contribution in [0.2, 0.25) is 0 Å². The largest absolute Gasteiger partial charge is 0.457 e. The van der Waals surface area contributed by atoms with Gasteiger partial charge in [-0.2, -0.15) is 0 Å². The van der Waals surface area contributed by atoms with E-state index in [-0.39, 0.29) is 11.8 Å². The highest BCUT2D eigenvalue weighted by molar-refractivity contribution is 9.10. The molecule has 1 saturated heterocycles. The molecular formula is C12H17BrN2O4S. The van der Waals surface area contributed by atoms with Crippen molar-refractivity contribution in [1.82, 2.24) is 9.62 Å². The summed E-state index contributed by atoms with van der Waals surface area (Å²) in [5.41, 5.74) is 0.502. The van der Waals surface area contributed by atoms with Gasteiger partial charge in [0.2, 0.25) is 10.0 Å². The molecule has 1 aromatic rings. The van der Waals surface area contributed by atoms with Gasteiger partial charge in [-0.3, -0.25) is 4.79 Å². The molecule has 1 amide bonds. The maximum Gasteiger partial charge on any atom is 0.258 e. The fourth-order valence-corrected chi connectivity index (χ4v) is 3.25. The number of carbonyl (C=O) groups excluding carboxylic acids is 1. The third-order valence-electron chi connectivity index (χ3n) is 3.29. The van der Waals surface area contributed by atoms with Crippen LogP contribution in [0.25, 0.3) is 0 Å². The lowest BCUT2D eigenvalue weighted by molar-refractivity contribution is 0.0674. The molecule has 1 aliphatic rings. The molecule has 1 unspecified atom stereocenters. The van der Waals surface area contributed by atoms with E-state index in [0.29, 0.717) is 29.9 Å². The Hall–Kier alpha value is -0.860. The van der Waals surface area contributed by atoms with Crippen molar-refractivity contribution in [2.24, 2.45) is 5.92 Å². The van der Waals surface area contributed by atoms with Gasteiger partial charge < -0.3 is 9.32 Å². The summed E-state index contributed by atoms with van der Waals surface area (Å²) in [7, 11) is -3.19. The monoisotopic (exact) mass is 364 g/mol.